The average molecular weight is 344 g/mol. The molecular weight excluding hydrogens is 320 g/mol. The number of nitrogens with two attached hydrogens (primary N) is 1. The summed E-state index contributed by atoms with van der Waals surface area (Å²) < 4.78 is 35.3. The third-order valence-corrected chi connectivity index (χ3v) is 4.42. The summed E-state index contributed by atoms with van der Waals surface area (Å²) in [5, 5.41) is 2.85. The molecule has 0 aliphatic carbocycles. The van der Waals surface area contributed by atoms with Crippen molar-refractivity contribution in [2.45, 2.75) is 13.5 Å². The molecule has 0 heterocycles. The van der Waals surface area contributed by atoms with Crippen molar-refractivity contribution < 1.29 is 17.9 Å². The van der Waals surface area contributed by atoms with Gasteiger partial charge in [0.1, 0.15) is 0 Å². The number of sulfonamides is 1. The van der Waals surface area contributed by atoms with Crippen molar-refractivity contribution >= 4 is 16.0 Å². The largest absolute Gasteiger partial charge is 0.493 e. The zero-order chi connectivity index (χ0) is 17.3. The van der Waals surface area contributed by atoms with Crippen LogP contribution < -0.4 is 25.2 Å². The number of methoxy groups -OCH3 is 2. The van der Waals surface area contributed by atoms with Crippen molar-refractivity contribution in [3.63, 3.8) is 0 Å². The van der Waals surface area contributed by atoms with Gasteiger partial charge in [-0.3, -0.25) is 0 Å². The summed E-state index contributed by atoms with van der Waals surface area (Å²) in [6.07, 6.45) is 0. The first-order chi connectivity index (χ1) is 10.9. The predicted molar refractivity (Wildman–Crippen MR) is 90.3 cm³/mol. The van der Waals surface area contributed by atoms with Crippen LogP contribution in [0.3, 0.4) is 0 Å². The zero-order valence-corrected chi connectivity index (χ0v) is 14.4. The number of rotatable bonds is 9. The number of nitrogens with one attached hydrogen (secondary N) is 2. The van der Waals surface area contributed by atoms with Crippen molar-refractivity contribution in [3.8, 4) is 11.5 Å². The molecule has 0 aliphatic heterocycles. The minimum absolute atomic E-state index is 0.0515. The maximum absolute atomic E-state index is 11.2. The van der Waals surface area contributed by atoms with Crippen LogP contribution in [0.25, 0.3) is 0 Å². The molecule has 130 valence electrons. The van der Waals surface area contributed by atoms with Crippen molar-refractivity contribution in [1.29, 1.82) is 0 Å². The molecule has 0 unspecified atom stereocenters. The smallest absolute Gasteiger partial charge is 0.211 e. The summed E-state index contributed by atoms with van der Waals surface area (Å²) in [6, 6.07) is 5.49. The molecule has 0 fully saturated rings. The van der Waals surface area contributed by atoms with E-state index >= 15 is 0 Å². The molecule has 0 amide bonds. The molecule has 0 aliphatic rings. The Morgan fingerprint density at radius 2 is 1.91 bits per heavy atom. The maximum Gasteiger partial charge on any atom is 0.211 e. The molecule has 0 aromatic heterocycles. The lowest BCUT2D eigenvalue weighted by Gasteiger charge is -2.09. The number of aliphatic imine (C=N–C) groups is 1. The lowest BCUT2D eigenvalue weighted by molar-refractivity contribution is 0.354. The minimum atomic E-state index is -3.18. The summed E-state index contributed by atoms with van der Waals surface area (Å²) in [5.41, 5.74) is 6.65. The molecule has 1 aromatic rings. The Balaban J connectivity index is 2.47. The fourth-order valence-electron chi connectivity index (χ4n) is 1.71. The van der Waals surface area contributed by atoms with Gasteiger partial charge in [-0.05, 0) is 24.6 Å². The van der Waals surface area contributed by atoms with Gasteiger partial charge >= 0.3 is 0 Å². The Morgan fingerprint density at radius 1 is 1.22 bits per heavy atom. The Bertz CT molecular complexity index is 632. The van der Waals surface area contributed by atoms with Gasteiger partial charge in [-0.25, -0.2) is 18.1 Å². The number of hydrogen-bond donors (Lipinski definition) is 3. The van der Waals surface area contributed by atoms with E-state index in [2.05, 4.69) is 15.0 Å². The first-order valence-electron chi connectivity index (χ1n) is 7.14. The molecule has 0 radical (unpaired) electrons. The second-order valence-corrected chi connectivity index (χ2v) is 6.71. The summed E-state index contributed by atoms with van der Waals surface area (Å²) in [6.45, 7) is 2.57. The predicted octanol–water partition coefficient (Wildman–Crippen LogP) is 0.0474. The van der Waals surface area contributed by atoms with Gasteiger partial charge in [0.05, 0.1) is 26.5 Å². The molecule has 23 heavy (non-hydrogen) atoms. The van der Waals surface area contributed by atoms with Crippen LogP contribution in [-0.4, -0.2) is 47.4 Å². The Hall–Kier alpha value is -2.00. The highest BCUT2D eigenvalue weighted by molar-refractivity contribution is 7.89. The standard InChI is InChI=1S/C14H24N4O4S/c1-4-23(19,20)18-8-7-16-14(15)17-10-11-5-6-12(21-2)13(9-11)22-3/h5-6,9,18H,4,7-8,10H2,1-3H3,(H3,15,16,17). The summed E-state index contributed by atoms with van der Waals surface area (Å²) in [5.74, 6) is 1.57. The minimum Gasteiger partial charge on any atom is -0.493 e. The van der Waals surface area contributed by atoms with E-state index < -0.39 is 10.0 Å². The average Bonchev–Trinajstić information content (AvgIpc) is 2.56. The molecule has 8 nitrogen and oxygen atoms in total. The number of ether oxygens (including phenoxy) is 2. The van der Waals surface area contributed by atoms with Gasteiger partial charge in [0.15, 0.2) is 17.5 Å². The van der Waals surface area contributed by atoms with Crippen LogP contribution in [0.4, 0.5) is 0 Å². The number of benzene rings is 1. The lowest BCUT2D eigenvalue weighted by Crippen LogP contribution is -2.38. The number of guanidine groups is 1. The van der Waals surface area contributed by atoms with Crippen LogP contribution >= 0.6 is 0 Å². The van der Waals surface area contributed by atoms with E-state index in [0.29, 0.717) is 24.6 Å². The zero-order valence-electron chi connectivity index (χ0n) is 13.6. The fourth-order valence-corrected chi connectivity index (χ4v) is 2.33. The van der Waals surface area contributed by atoms with E-state index in [1.165, 1.54) is 0 Å². The monoisotopic (exact) mass is 344 g/mol. The van der Waals surface area contributed by atoms with Crippen LogP contribution in [0, 0.1) is 0 Å². The van der Waals surface area contributed by atoms with Gasteiger partial charge in [-0.15, -0.1) is 0 Å². The third-order valence-electron chi connectivity index (χ3n) is 3.01. The fraction of sp³-hybridized carbons (Fsp3) is 0.500. The van der Waals surface area contributed by atoms with Crippen LogP contribution in [0.15, 0.2) is 23.2 Å². The topological polar surface area (TPSA) is 115 Å². The lowest BCUT2D eigenvalue weighted by atomic mass is 10.2. The van der Waals surface area contributed by atoms with Gasteiger partial charge in [0.2, 0.25) is 10.0 Å². The van der Waals surface area contributed by atoms with E-state index in [0.717, 1.165) is 5.56 Å². The molecule has 1 rings (SSSR count). The Labute approximate surface area is 137 Å². The summed E-state index contributed by atoms with van der Waals surface area (Å²) in [7, 11) is -0.0421. The van der Waals surface area contributed by atoms with Crippen LogP contribution in [0.1, 0.15) is 12.5 Å². The molecule has 0 spiro atoms. The molecule has 1 aromatic carbocycles. The molecule has 0 atom stereocenters. The van der Waals surface area contributed by atoms with Crippen molar-refractivity contribution in [3.05, 3.63) is 23.8 Å². The van der Waals surface area contributed by atoms with Crippen molar-refractivity contribution in [2.75, 3.05) is 33.1 Å². The quantitative estimate of drug-likeness (QED) is 0.331. The van der Waals surface area contributed by atoms with Crippen LogP contribution in [0.5, 0.6) is 11.5 Å². The molecule has 0 saturated carbocycles. The Kier molecular flexibility index (Phi) is 7.63. The number of hydrogen-bond acceptors (Lipinski definition) is 5. The SMILES string of the molecule is CCS(=O)(=O)NCCNC(N)=NCc1ccc(OC)c(OC)c1. The summed E-state index contributed by atoms with van der Waals surface area (Å²) in [4.78, 5) is 4.19. The van der Waals surface area contributed by atoms with Gasteiger partial charge < -0.3 is 20.5 Å². The van der Waals surface area contributed by atoms with Gasteiger partial charge in [-0.1, -0.05) is 6.07 Å². The van der Waals surface area contributed by atoms with Crippen LogP contribution in [-0.2, 0) is 16.6 Å². The van der Waals surface area contributed by atoms with E-state index in [1.54, 1.807) is 27.2 Å². The first kappa shape index (κ1) is 19.0. The first-order valence-corrected chi connectivity index (χ1v) is 8.79. The van der Waals surface area contributed by atoms with E-state index in [-0.39, 0.29) is 18.3 Å². The highest BCUT2D eigenvalue weighted by Crippen LogP contribution is 2.27. The second kappa shape index (κ2) is 9.21. The van der Waals surface area contributed by atoms with Crippen molar-refractivity contribution in [2.24, 2.45) is 10.7 Å². The van der Waals surface area contributed by atoms with E-state index in [4.69, 9.17) is 15.2 Å². The van der Waals surface area contributed by atoms with Crippen molar-refractivity contribution in [1.82, 2.24) is 10.0 Å². The molecule has 0 saturated heterocycles. The van der Waals surface area contributed by atoms with E-state index in [1.807, 2.05) is 12.1 Å². The van der Waals surface area contributed by atoms with E-state index in [9.17, 15) is 8.42 Å². The second-order valence-electron chi connectivity index (χ2n) is 4.62. The van der Waals surface area contributed by atoms with Gasteiger partial charge in [0, 0.05) is 13.1 Å². The molecular formula is C14H24N4O4S. The normalized spacial score (nSPS) is 12.0. The molecule has 4 N–H and O–H groups in total. The third kappa shape index (κ3) is 6.74. The molecule has 0 bridgehead atoms. The Morgan fingerprint density at radius 3 is 2.52 bits per heavy atom. The maximum atomic E-state index is 11.2. The highest BCUT2D eigenvalue weighted by Gasteiger charge is 2.05. The molecule has 9 heteroatoms. The van der Waals surface area contributed by atoms with Gasteiger partial charge in [0.25, 0.3) is 0 Å². The van der Waals surface area contributed by atoms with Crippen LogP contribution in [0.2, 0.25) is 0 Å². The van der Waals surface area contributed by atoms with Gasteiger partial charge in [-0.2, -0.15) is 0 Å². The highest BCUT2D eigenvalue weighted by atomic mass is 32.2. The number of nitrogens with zero attached hydrogens (tertiary/aromatic N) is 1. The summed E-state index contributed by atoms with van der Waals surface area (Å²) >= 11 is 0.